The van der Waals surface area contributed by atoms with Crippen molar-refractivity contribution in [1.29, 1.82) is 0 Å². The van der Waals surface area contributed by atoms with Gasteiger partial charge in [-0.3, -0.25) is 9.59 Å². The van der Waals surface area contributed by atoms with E-state index in [9.17, 15) is 14.0 Å². The Labute approximate surface area is 143 Å². The van der Waals surface area contributed by atoms with Crippen LogP contribution in [-0.4, -0.2) is 23.3 Å². The minimum absolute atomic E-state index is 0.00914. The summed E-state index contributed by atoms with van der Waals surface area (Å²) in [5, 5.41) is 5.18. The number of fused-ring (bicyclic) bond motifs is 1. The minimum Gasteiger partial charge on any atom is -0.441 e. The third-order valence-electron chi connectivity index (χ3n) is 3.48. The van der Waals surface area contributed by atoms with Crippen molar-refractivity contribution in [2.75, 3.05) is 11.9 Å². The lowest BCUT2D eigenvalue weighted by Crippen LogP contribution is -2.33. The van der Waals surface area contributed by atoms with Crippen LogP contribution in [0.3, 0.4) is 0 Å². The fourth-order valence-electron chi connectivity index (χ4n) is 2.40. The number of carbonyl (C=O) groups excluding carboxylic acids is 2. The van der Waals surface area contributed by atoms with Crippen LogP contribution in [0.4, 0.5) is 10.1 Å². The molecule has 0 saturated heterocycles. The maximum absolute atomic E-state index is 13.1. The summed E-state index contributed by atoms with van der Waals surface area (Å²) in [6.07, 6.45) is 0.00914. The van der Waals surface area contributed by atoms with Crippen molar-refractivity contribution in [1.82, 2.24) is 10.3 Å². The Morgan fingerprint density at radius 1 is 1.16 bits per heavy atom. The van der Waals surface area contributed by atoms with Crippen molar-refractivity contribution in [2.45, 2.75) is 13.3 Å². The molecule has 1 aromatic heterocycles. The van der Waals surface area contributed by atoms with E-state index in [1.54, 1.807) is 31.2 Å². The predicted molar refractivity (Wildman–Crippen MR) is 90.5 cm³/mol. The summed E-state index contributed by atoms with van der Waals surface area (Å²) in [7, 11) is 0. The quantitative estimate of drug-likeness (QED) is 0.747. The van der Waals surface area contributed by atoms with Gasteiger partial charge in [0, 0.05) is 12.6 Å². The lowest BCUT2D eigenvalue weighted by atomic mass is 10.1. The highest BCUT2D eigenvalue weighted by molar-refractivity contribution is 5.96. The van der Waals surface area contributed by atoms with Gasteiger partial charge in [-0.05, 0) is 35.9 Å². The summed E-state index contributed by atoms with van der Waals surface area (Å²) < 4.78 is 18.4. The van der Waals surface area contributed by atoms with E-state index in [1.165, 1.54) is 18.2 Å². The second-order valence-corrected chi connectivity index (χ2v) is 5.55. The largest absolute Gasteiger partial charge is 0.441 e. The summed E-state index contributed by atoms with van der Waals surface area (Å²) in [5.74, 6) is -0.583. The Morgan fingerprint density at radius 3 is 2.80 bits per heavy atom. The van der Waals surface area contributed by atoms with Gasteiger partial charge >= 0.3 is 0 Å². The zero-order chi connectivity index (χ0) is 17.8. The molecular formula is C18H16FN3O3. The molecule has 25 heavy (non-hydrogen) atoms. The summed E-state index contributed by atoms with van der Waals surface area (Å²) in [5.41, 5.74) is 2.39. The molecule has 0 unspecified atom stereocenters. The summed E-state index contributed by atoms with van der Waals surface area (Å²) in [6, 6.07) is 10.9. The first-order chi connectivity index (χ1) is 12.0. The first-order valence-electron chi connectivity index (χ1n) is 7.68. The number of aryl methyl sites for hydroxylation is 1. The van der Waals surface area contributed by atoms with Crippen LogP contribution in [0.2, 0.25) is 0 Å². The lowest BCUT2D eigenvalue weighted by Gasteiger charge is -2.07. The molecule has 6 nitrogen and oxygen atoms in total. The number of aromatic nitrogens is 1. The van der Waals surface area contributed by atoms with Crippen molar-refractivity contribution in [3.05, 3.63) is 59.7 Å². The molecule has 0 spiro atoms. The van der Waals surface area contributed by atoms with E-state index in [0.717, 1.165) is 0 Å². The molecule has 0 aliphatic heterocycles. The van der Waals surface area contributed by atoms with Crippen molar-refractivity contribution in [3.63, 3.8) is 0 Å². The van der Waals surface area contributed by atoms with Crippen LogP contribution >= 0.6 is 0 Å². The van der Waals surface area contributed by atoms with Gasteiger partial charge in [-0.2, -0.15) is 0 Å². The summed E-state index contributed by atoms with van der Waals surface area (Å²) in [6.45, 7) is 1.57. The number of rotatable bonds is 5. The molecule has 0 bridgehead atoms. The maximum atomic E-state index is 13.1. The van der Waals surface area contributed by atoms with Gasteiger partial charge in [-0.1, -0.05) is 12.1 Å². The van der Waals surface area contributed by atoms with Gasteiger partial charge in [0.15, 0.2) is 11.5 Å². The van der Waals surface area contributed by atoms with E-state index in [-0.39, 0.29) is 24.8 Å². The van der Waals surface area contributed by atoms with Crippen molar-refractivity contribution in [2.24, 2.45) is 0 Å². The van der Waals surface area contributed by atoms with Gasteiger partial charge in [0.05, 0.1) is 13.0 Å². The van der Waals surface area contributed by atoms with Gasteiger partial charge in [0.1, 0.15) is 11.3 Å². The molecule has 128 valence electrons. The standard InChI is InChI=1S/C18H16FN3O3/c1-11-21-15-9-14(5-6-16(15)25-11)22-18(24)10-20-17(23)8-12-3-2-4-13(19)7-12/h2-7,9H,8,10H2,1H3,(H,20,23)(H,22,24). The number of benzene rings is 2. The number of halogens is 1. The summed E-state index contributed by atoms with van der Waals surface area (Å²) >= 11 is 0. The molecule has 0 aliphatic rings. The molecule has 3 aromatic rings. The molecule has 2 amide bonds. The van der Waals surface area contributed by atoms with Crippen LogP contribution in [0.15, 0.2) is 46.9 Å². The van der Waals surface area contributed by atoms with E-state index in [4.69, 9.17) is 4.42 Å². The zero-order valence-electron chi connectivity index (χ0n) is 13.5. The number of nitrogens with zero attached hydrogens (tertiary/aromatic N) is 1. The number of hydrogen-bond donors (Lipinski definition) is 2. The first-order valence-corrected chi connectivity index (χ1v) is 7.68. The number of amides is 2. The molecule has 7 heteroatoms. The SMILES string of the molecule is Cc1nc2cc(NC(=O)CNC(=O)Cc3cccc(F)c3)ccc2o1. The van der Waals surface area contributed by atoms with Crippen molar-refractivity contribution in [3.8, 4) is 0 Å². The molecule has 0 aliphatic carbocycles. The van der Waals surface area contributed by atoms with Crippen LogP contribution in [0.1, 0.15) is 11.5 Å². The third kappa shape index (κ3) is 4.41. The monoisotopic (exact) mass is 341 g/mol. The second-order valence-electron chi connectivity index (χ2n) is 5.55. The molecular weight excluding hydrogens is 325 g/mol. The smallest absolute Gasteiger partial charge is 0.243 e. The van der Waals surface area contributed by atoms with E-state index < -0.39 is 5.82 Å². The van der Waals surface area contributed by atoms with Gasteiger partial charge in [0.2, 0.25) is 11.8 Å². The van der Waals surface area contributed by atoms with Crippen LogP contribution < -0.4 is 10.6 Å². The van der Waals surface area contributed by atoms with Crippen molar-refractivity contribution >= 4 is 28.6 Å². The van der Waals surface area contributed by atoms with E-state index in [0.29, 0.717) is 28.2 Å². The minimum atomic E-state index is -0.401. The summed E-state index contributed by atoms with van der Waals surface area (Å²) in [4.78, 5) is 27.9. The highest BCUT2D eigenvalue weighted by Gasteiger charge is 2.09. The van der Waals surface area contributed by atoms with Crippen LogP contribution in [0.25, 0.3) is 11.1 Å². The normalized spacial score (nSPS) is 10.6. The zero-order valence-corrected chi connectivity index (χ0v) is 13.5. The number of anilines is 1. The molecule has 0 saturated carbocycles. The molecule has 1 heterocycles. The number of oxazole rings is 1. The number of carbonyl (C=O) groups is 2. The Kier molecular flexibility index (Phi) is 4.74. The molecule has 0 radical (unpaired) electrons. The number of nitrogens with one attached hydrogen (secondary N) is 2. The predicted octanol–water partition coefficient (Wildman–Crippen LogP) is 2.57. The lowest BCUT2D eigenvalue weighted by molar-refractivity contribution is -0.123. The fourth-order valence-corrected chi connectivity index (χ4v) is 2.40. The van der Waals surface area contributed by atoms with Gasteiger partial charge in [-0.15, -0.1) is 0 Å². The van der Waals surface area contributed by atoms with Crippen LogP contribution in [0.5, 0.6) is 0 Å². The Morgan fingerprint density at radius 2 is 2.00 bits per heavy atom. The van der Waals surface area contributed by atoms with E-state index in [1.807, 2.05) is 0 Å². The van der Waals surface area contributed by atoms with Crippen molar-refractivity contribution < 1.29 is 18.4 Å². The Bertz CT molecular complexity index is 936. The van der Waals surface area contributed by atoms with Crippen LogP contribution in [-0.2, 0) is 16.0 Å². The Balaban J connectivity index is 1.52. The van der Waals surface area contributed by atoms with Gasteiger partial charge in [-0.25, -0.2) is 9.37 Å². The van der Waals surface area contributed by atoms with E-state index in [2.05, 4.69) is 15.6 Å². The molecule has 3 rings (SSSR count). The Hall–Kier alpha value is -3.22. The molecule has 0 atom stereocenters. The highest BCUT2D eigenvalue weighted by atomic mass is 19.1. The average molecular weight is 341 g/mol. The van der Waals surface area contributed by atoms with Gasteiger partial charge < -0.3 is 15.1 Å². The van der Waals surface area contributed by atoms with Gasteiger partial charge in [0.25, 0.3) is 0 Å². The maximum Gasteiger partial charge on any atom is 0.243 e. The molecule has 2 N–H and O–H groups in total. The second kappa shape index (κ2) is 7.12. The van der Waals surface area contributed by atoms with Crippen LogP contribution in [0, 0.1) is 12.7 Å². The van der Waals surface area contributed by atoms with E-state index >= 15 is 0 Å². The average Bonchev–Trinajstić information content (AvgIpc) is 2.92. The highest BCUT2D eigenvalue weighted by Crippen LogP contribution is 2.19. The topological polar surface area (TPSA) is 84.2 Å². The fraction of sp³-hybridized carbons (Fsp3) is 0.167. The first kappa shape index (κ1) is 16.6. The third-order valence-corrected chi connectivity index (χ3v) is 3.48. The molecule has 2 aromatic carbocycles. The molecule has 0 fully saturated rings. The number of hydrogen-bond acceptors (Lipinski definition) is 4.